The Morgan fingerprint density at radius 3 is 2.67 bits per heavy atom. The number of carbonyl (C=O) groups is 1. The number of nitrogen functional groups attached to an aromatic ring is 1. The molecule has 0 radical (unpaired) electrons. The zero-order valence-electron chi connectivity index (χ0n) is 10.1. The number of benzene rings is 1. The zero-order chi connectivity index (χ0) is 13.0. The molecule has 1 aromatic carbocycles. The number of hydrogen-bond acceptors (Lipinski definition) is 4. The van der Waals surface area contributed by atoms with E-state index in [0.717, 1.165) is 5.56 Å². The molecule has 4 heteroatoms. The van der Waals surface area contributed by atoms with Gasteiger partial charge in [-0.3, -0.25) is 4.79 Å². The van der Waals surface area contributed by atoms with Gasteiger partial charge in [-0.05, 0) is 29.8 Å². The van der Waals surface area contributed by atoms with Gasteiger partial charge in [0.05, 0.1) is 7.11 Å². The number of anilines is 1. The van der Waals surface area contributed by atoms with Crippen molar-refractivity contribution in [3.63, 3.8) is 0 Å². The number of ketones is 1. The number of nitrogens with zero attached hydrogens (tertiary/aromatic N) is 1. The van der Waals surface area contributed by atoms with Crippen LogP contribution in [0.2, 0.25) is 0 Å². The molecule has 0 saturated carbocycles. The van der Waals surface area contributed by atoms with Crippen molar-refractivity contribution in [2.24, 2.45) is 0 Å². The predicted octanol–water partition coefficient (Wildman–Crippen LogP) is 2.10. The molecule has 0 unspecified atom stereocenters. The van der Waals surface area contributed by atoms with Crippen molar-refractivity contribution in [1.29, 1.82) is 0 Å². The summed E-state index contributed by atoms with van der Waals surface area (Å²) in [7, 11) is 1.52. The van der Waals surface area contributed by atoms with Gasteiger partial charge in [0, 0.05) is 18.3 Å². The average molecular weight is 242 g/mol. The van der Waals surface area contributed by atoms with Crippen molar-refractivity contribution >= 4 is 11.5 Å². The highest BCUT2D eigenvalue weighted by atomic mass is 16.5. The molecule has 92 valence electrons. The van der Waals surface area contributed by atoms with Crippen molar-refractivity contribution in [2.45, 2.75) is 6.42 Å². The fraction of sp³-hybridized carbons (Fsp3) is 0.143. The van der Waals surface area contributed by atoms with E-state index in [4.69, 9.17) is 10.5 Å². The monoisotopic (exact) mass is 242 g/mol. The van der Waals surface area contributed by atoms with Crippen molar-refractivity contribution in [3.05, 3.63) is 53.9 Å². The first-order valence-electron chi connectivity index (χ1n) is 5.57. The number of methoxy groups -OCH3 is 1. The molecule has 0 aliphatic rings. The third-order valence-electron chi connectivity index (χ3n) is 2.60. The Morgan fingerprint density at radius 1 is 1.28 bits per heavy atom. The Labute approximate surface area is 105 Å². The van der Waals surface area contributed by atoms with E-state index in [-0.39, 0.29) is 12.2 Å². The molecule has 4 nitrogen and oxygen atoms in total. The number of ether oxygens (including phenoxy) is 1. The standard InChI is InChI=1S/C14H14N2O2/c1-18-13-3-2-8-16-14(13)12(17)9-10-4-6-11(15)7-5-10/h2-8H,9,15H2,1H3. The topological polar surface area (TPSA) is 65.2 Å². The van der Waals surface area contributed by atoms with E-state index in [1.165, 1.54) is 7.11 Å². The van der Waals surface area contributed by atoms with Crippen LogP contribution in [0.4, 0.5) is 5.69 Å². The first-order chi connectivity index (χ1) is 8.70. The van der Waals surface area contributed by atoms with E-state index < -0.39 is 0 Å². The Hall–Kier alpha value is -2.36. The van der Waals surface area contributed by atoms with Crippen LogP contribution in [0, 0.1) is 0 Å². The molecule has 0 amide bonds. The molecule has 0 spiro atoms. The molecule has 1 heterocycles. The number of pyridine rings is 1. The lowest BCUT2D eigenvalue weighted by molar-refractivity contribution is 0.0985. The summed E-state index contributed by atoms with van der Waals surface area (Å²) in [6.45, 7) is 0. The van der Waals surface area contributed by atoms with Crippen LogP contribution in [-0.4, -0.2) is 17.9 Å². The molecule has 1 aromatic heterocycles. The van der Waals surface area contributed by atoms with Crippen molar-refractivity contribution < 1.29 is 9.53 Å². The minimum Gasteiger partial charge on any atom is -0.494 e. The smallest absolute Gasteiger partial charge is 0.189 e. The number of hydrogen-bond donors (Lipinski definition) is 1. The van der Waals surface area contributed by atoms with Crippen molar-refractivity contribution in [1.82, 2.24) is 4.98 Å². The molecule has 0 aliphatic carbocycles. The third kappa shape index (κ3) is 2.66. The van der Waals surface area contributed by atoms with Crippen LogP contribution in [-0.2, 0) is 6.42 Å². The fourth-order valence-electron chi connectivity index (χ4n) is 1.67. The zero-order valence-corrected chi connectivity index (χ0v) is 10.1. The maximum Gasteiger partial charge on any atom is 0.189 e. The summed E-state index contributed by atoms with van der Waals surface area (Å²) in [4.78, 5) is 16.2. The largest absolute Gasteiger partial charge is 0.494 e. The highest BCUT2D eigenvalue weighted by molar-refractivity contribution is 5.98. The van der Waals surface area contributed by atoms with E-state index in [1.807, 2.05) is 12.1 Å². The van der Waals surface area contributed by atoms with E-state index in [0.29, 0.717) is 17.1 Å². The summed E-state index contributed by atoms with van der Waals surface area (Å²) in [6, 6.07) is 10.7. The quantitative estimate of drug-likeness (QED) is 0.658. The first kappa shape index (κ1) is 12.1. The van der Waals surface area contributed by atoms with E-state index in [1.54, 1.807) is 30.5 Å². The number of carbonyl (C=O) groups excluding carboxylic acids is 1. The molecule has 18 heavy (non-hydrogen) atoms. The molecule has 0 saturated heterocycles. The second kappa shape index (κ2) is 5.31. The van der Waals surface area contributed by atoms with Gasteiger partial charge in [0.25, 0.3) is 0 Å². The maximum atomic E-state index is 12.1. The average Bonchev–Trinajstić information content (AvgIpc) is 2.41. The summed E-state index contributed by atoms with van der Waals surface area (Å²) in [5.41, 5.74) is 7.54. The molecular weight excluding hydrogens is 228 g/mol. The molecular formula is C14H14N2O2. The van der Waals surface area contributed by atoms with E-state index in [9.17, 15) is 4.79 Å². The molecule has 0 atom stereocenters. The van der Waals surface area contributed by atoms with Crippen LogP contribution in [0.3, 0.4) is 0 Å². The van der Waals surface area contributed by atoms with Crippen molar-refractivity contribution in [2.75, 3.05) is 12.8 Å². The molecule has 2 aromatic rings. The Morgan fingerprint density at radius 2 is 2.00 bits per heavy atom. The summed E-state index contributed by atoms with van der Waals surface area (Å²) in [5, 5.41) is 0. The molecule has 0 bridgehead atoms. The van der Waals surface area contributed by atoms with Gasteiger partial charge in [0.2, 0.25) is 0 Å². The van der Waals surface area contributed by atoms with Crippen LogP contribution in [0.25, 0.3) is 0 Å². The summed E-state index contributed by atoms with van der Waals surface area (Å²) in [6.07, 6.45) is 1.87. The van der Waals surface area contributed by atoms with Crippen LogP contribution in [0.15, 0.2) is 42.6 Å². The van der Waals surface area contributed by atoms with Crippen LogP contribution in [0.5, 0.6) is 5.75 Å². The number of nitrogens with two attached hydrogens (primary N) is 1. The van der Waals surface area contributed by atoms with E-state index >= 15 is 0 Å². The van der Waals surface area contributed by atoms with Crippen LogP contribution in [0.1, 0.15) is 16.1 Å². The summed E-state index contributed by atoms with van der Waals surface area (Å²) < 4.78 is 5.12. The Balaban J connectivity index is 2.19. The van der Waals surface area contributed by atoms with Crippen LogP contribution >= 0.6 is 0 Å². The van der Waals surface area contributed by atoms with Crippen LogP contribution < -0.4 is 10.5 Å². The molecule has 2 rings (SSSR count). The number of Topliss-reactive ketones (excluding diaryl/α,β-unsaturated/α-hetero) is 1. The lowest BCUT2D eigenvalue weighted by Crippen LogP contribution is -2.08. The second-order valence-corrected chi connectivity index (χ2v) is 3.90. The maximum absolute atomic E-state index is 12.1. The first-order valence-corrected chi connectivity index (χ1v) is 5.57. The van der Waals surface area contributed by atoms with Gasteiger partial charge >= 0.3 is 0 Å². The van der Waals surface area contributed by atoms with E-state index in [2.05, 4.69) is 4.98 Å². The van der Waals surface area contributed by atoms with Gasteiger partial charge in [0.15, 0.2) is 5.78 Å². The summed E-state index contributed by atoms with van der Waals surface area (Å²) >= 11 is 0. The lowest BCUT2D eigenvalue weighted by Gasteiger charge is -2.06. The van der Waals surface area contributed by atoms with Gasteiger partial charge in [0.1, 0.15) is 11.4 Å². The van der Waals surface area contributed by atoms with Gasteiger partial charge in [-0.1, -0.05) is 12.1 Å². The Bertz CT molecular complexity index is 550. The number of aromatic nitrogens is 1. The van der Waals surface area contributed by atoms with Gasteiger partial charge in [-0.25, -0.2) is 4.98 Å². The SMILES string of the molecule is COc1cccnc1C(=O)Cc1ccc(N)cc1. The fourth-order valence-corrected chi connectivity index (χ4v) is 1.67. The Kier molecular flexibility index (Phi) is 3.57. The molecule has 0 fully saturated rings. The van der Waals surface area contributed by atoms with Gasteiger partial charge < -0.3 is 10.5 Å². The van der Waals surface area contributed by atoms with Gasteiger partial charge in [-0.2, -0.15) is 0 Å². The molecule has 2 N–H and O–H groups in total. The highest BCUT2D eigenvalue weighted by Crippen LogP contribution is 2.17. The summed E-state index contributed by atoms with van der Waals surface area (Å²) in [5.74, 6) is 0.426. The minimum atomic E-state index is -0.0720. The second-order valence-electron chi connectivity index (χ2n) is 3.90. The highest BCUT2D eigenvalue weighted by Gasteiger charge is 2.13. The van der Waals surface area contributed by atoms with Gasteiger partial charge in [-0.15, -0.1) is 0 Å². The van der Waals surface area contributed by atoms with Crippen molar-refractivity contribution in [3.8, 4) is 5.75 Å². The molecule has 0 aliphatic heterocycles. The predicted molar refractivity (Wildman–Crippen MR) is 69.7 cm³/mol. The number of rotatable bonds is 4. The normalized spacial score (nSPS) is 10.1. The third-order valence-corrected chi connectivity index (χ3v) is 2.60. The lowest BCUT2D eigenvalue weighted by atomic mass is 10.1. The minimum absolute atomic E-state index is 0.0720.